The number of aromatic nitrogens is 5. The molecule has 0 atom stereocenters. The molecule has 0 amide bonds. The zero-order valence-electron chi connectivity index (χ0n) is 18.7. The van der Waals surface area contributed by atoms with Gasteiger partial charge in [0.25, 0.3) is 0 Å². The summed E-state index contributed by atoms with van der Waals surface area (Å²) in [4.78, 5) is 11.9. The molecule has 168 valence electrons. The van der Waals surface area contributed by atoms with Gasteiger partial charge in [-0.05, 0) is 43.7 Å². The molecular weight excluding hydrogens is 408 g/mol. The molecule has 4 heterocycles. The summed E-state index contributed by atoms with van der Waals surface area (Å²) in [5.41, 5.74) is 4.17. The highest BCUT2D eigenvalue weighted by Crippen LogP contribution is 2.27. The van der Waals surface area contributed by atoms with Crippen LogP contribution in [0.15, 0.2) is 30.6 Å². The van der Waals surface area contributed by atoms with Crippen molar-refractivity contribution in [1.82, 2.24) is 29.0 Å². The summed E-state index contributed by atoms with van der Waals surface area (Å²) in [5.74, 6) is 2.16. The van der Waals surface area contributed by atoms with Crippen LogP contribution in [-0.4, -0.2) is 69.0 Å². The Morgan fingerprint density at radius 1 is 1.00 bits per heavy atom. The lowest BCUT2D eigenvalue weighted by Gasteiger charge is -2.26. The minimum Gasteiger partial charge on any atom is -0.497 e. The molecule has 0 spiro atoms. The van der Waals surface area contributed by atoms with E-state index in [2.05, 4.69) is 28.4 Å². The Labute approximate surface area is 186 Å². The van der Waals surface area contributed by atoms with Crippen LogP contribution in [0.2, 0.25) is 0 Å². The monoisotopic (exact) mass is 436 g/mol. The Morgan fingerprint density at radius 2 is 1.75 bits per heavy atom. The number of nitrogens with zero attached hydrogens (tertiary/aromatic N) is 6. The van der Waals surface area contributed by atoms with E-state index in [-0.39, 0.29) is 6.61 Å². The van der Waals surface area contributed by atoms with E-state index in [1.807, 2.05) is 24.3 Å². The van der Waals surface area contributed by atoms with E-state index in [0.717, 1.165) is 67.6 Å². The molecule has 9 nitrogen and oxygen atoms in total. The molecule has 1 aliphatic heterocycles. The first kappa shape index (κ1) is 20.7. The van der Waals surface area contributed by atoms with Gasteiger partial charge in [0.05, 0.1) is 25.7 Å². The summed E-state index contributed by atoms with van der Waals surface area (Å²) in [5, 5.41) is 5.62. The summed E-state index contributed by atoms with van der Waals surface area (Å²) in [6.07, 6.45) is 1.74. The van der Waals surface area contributed by atoms with Gasteiger partial charge in [-0.2, -0.15) is 0 Å². The minimum absolute atomic E-state index is 0.283. The van der Waals surface area contributed by atoms with Gasteiger partial charge in [0.1, 0.15) is 30.1 Å². The van der Waals surface area contributed by atoms with Crippen LogP contribution in [0.3, 0.4) is 0 Å². The number of ether oxygens (including phenoxy) is 3. The van der Waals surface area contributed by atoms with Crippen molar-refractivity contribution in [1.29, 1.82) is 0 Å². The molecule has 1 aliphatic rings. The van der Waals surface area contributed by atoms with E-state index in [1.54, 1.807) is 18.0 Å². The average Bonchev–Trinajstić information content (AvgIpc) is 3.36. The van der Waals surface area contributed by atoms with Crippen LogP contribution in [0.25, 0.3) is 16.7 Å². The number of methoxy groups -OCH3 is 1. The van der Waals surface area contributed by atoms with Gasteiger partial charge in [-0.1, -0.05) is 0 Å². The molecule has 9 heteroatoms. The Hall–Kier alpha value is -3.17. The van der Waals surface area contributed by atoms with Crippen molar-refractivity contribution in [3.63, 3.8) is 0 Å². The van der Waals surface area contributed by atoms with Crippen molar-refractivity contribution in [2.75, 3.05) is 40.0 Å². The maximum atomic E-state index is 5.86. The average molecular weight is 437 g/mol. The number of fused-ring (bicyclic) bond motifs is 3. The fraction of sp³-hybridized carbons (Fsp3) is 0.435. The summed E-state index contributed by atoms with van der Waals surface area (Å²) in [7, 11) is 1.64. The zero-order chi connectivity index (χ0) is 22.1. The van der Waals surface area contributed by atoms with Crippen LogP contribution < -0.4 is 9.47 Å². The Kier molecular flexibility index (Phi) is 5.67. The molecule has 0 saturated carbocycles. The van der Waals surface area contributed by atoms with Crippen LogP contribution in [0.5, 0.6) is 11.5 Å². The summed E-state index contributed by atoms with van der Waals surface area (Å²) < 4.78 is 20.6. The number of benzene rings is 1. The highest BCUT2D eigenvalue weighted by molar-refractivity contribution is 5.93. The summed E-state index contributed by atoms with van der Waals surface area (Å²) in [6, 6.07) is 7.48. The van der Waals surface area contributed by atoms with Gasteiger partial charge >= 0.3 is 0 Å². The maximum absolute atomic E-state index is 5.86. The zero-order valence-corrected chi connectivity index (χ0v) is 18.7. The van der Waals surface area contributed by atoms with E-state index < -0.39 is 0 Å². The lowest BCUT2D eigenvalue weighted by atomic mass is 10.2. The predicted octanol–water partition coefficient (Wildman–Crippen LogP) is 2.62. The maximum Gasteiger partial charge on any atom is 0.189 e. The van der Waals surface area contributed by atoms with Gasteiger partial charge in [-0.25, -0.2) is 14.5 Å². The molecular formula is C23H28N6O3. The Morgan fingerprint density at radius 3 is 2.50 bits per heavy atom. The van der Waals surface area contributed by atoms with E-state index in [1.165, 1.54) is 11.3 Å². The number of hydrogen-bond donors (Lipinski definition) is 0. The molecule has 1 fully saturated rings. The molecule has 0 aliphatic carbocycles. The van der Waals surface area contributed by atoms with Crippen LogP contribution in [-0.2, 0) is 17.9 Å². The highest BCUT2D eigenvalue weighted by atomic mass is 16.5. The van der Waals surface area contributed by atoms with Crippen molar-refractivity contribution >= 4 is 16.7 Å². The third-order valence-electron chi connectivity index (χ3n) is 6.16. The van der Waals surface area contributed by atoms with Crippen LogP contribution in [0.4, 0.5) is 0 Å². The second-order valence-corrected chi connectivity index (χ2v) is 8.02. The third-order valence-corrected chi connectivity index (χ3v) is 6.16. The fourth-order valence-electron chi connectivity index (χ4n) is 4.20. The fourth-order valence-corrected chi connectivity index (χ4v) is 4.20. The Bertz CT molecular complexity index is 1220. The van der Waals surface area contributed by atoms with Crippen LogP contribution >= 0.6 is 0 Å². The van der Waals surface area contributed by atoms with E-state index in [9.17, 15) is 0 Å². The highest BCUT2D eigenvalue weighted by Gasteiger charge is 2.19. The number of hydrogen-bond acceptors (Lipinski definition) is 7. The van der Waals surface area contributed by atoms with Crippen LogP contribution in [0, 0.1) is 13.8 Å². The molecule has 5 rings (SSSR count). The van der Waals surface area contributed by atoms with Crippen LogP contribution in [0.1, 0.15) is 17.1 Å². The molecule has 0 bridgehead atoms. The molecule has 4 aromatic rings. The normalized spacial score (nSPS) is 15.0. The first-order valence-corrected chi connectivity index (χ1v) is 10.9. The lowest BCUT2D eigenvalue weighted by Crippen LogP contribution is -2.38. The standard InChI is InChI=1S/C23H28N6O3/c1-16-17(2)28(9-8-27-10-12-31-13-11-27)22-21(16)23-25-20(26-29(23)15-24-22)14-32-19-6-4-18(30-3)5-7-19/h4-7,15H,8-14H2,1-3H3. The SMILES string of the molecule is COc1ccc(OCc2nc3c4c(C)c(C)n(CCN5CCOCC5)c4ncn3n2)cc1. The van der Waals surface area contributed by atoms with Gasteiger partial charge in [-0.3, -0.25) is 4.90 Å². The van der Waals surface area contributed by atoms with E-state index in [4.69, 9.17) is 24.2 Å². The molecule has 0 N–H and O–H groups in total. The van der Waals surface area contributed by atoms with Crippen molar-refractivity contribution in [3.05, 3.63) is 47.7 Å². The quantitative estimate of drug-likeness (QED) is 0.441. The van der Waals surface area contributed by atoms with E-state index >= 15 is 0 Å². The number of morpholine rings is 1. The summed E-state index contributed by atoms with van der Waals surface area (Å²) in [6.45, 7) is 10.0. The first-order chi connectivity index (χ1) is 15.6. The smallest absolute Gasteiger partial charge is 0.189 e. The predicted molar refractivity (Wildman–Crippen MR) is 120 cm³/mol. The van der Waals surface area contributed by atoms with Crippen molar-refractivity contribution in [3.8, 4) is 11.5 Å². The third kappa shape index (κ3) is 3.89. The van der Waals surface area contributed by atoms with Gasteiger partial charge in [0.2, 0.25) is 0 Å². The van der Waals surface area contributed by atoms with E-state index in [0.29, 0.717) is 5.82 Å². The topological polar surface area (TPSA) is 78.9 Å². The summed E-state index contributed by atoms with van der Waals surface area (Å²) >= 11 is 0. The van der Waals surface area contributed by atoms with Gasteiger partial charge in [-0.15, -0.1) is 5.10 Å². The van der Waals surface area contributed by atoms with Crippen molar-refractivity contribution < 1.29 is 14.2 Å². The van der Waals surface area contributed by atoms with Crippen molar-refractivity contribution in [2.24, 2.45) is 0 Å². The minimum atomic E-state index is 0.283. The molecule has 32 heavy (non-hydrogen) atoms. The first-order valence-electron chi connectivity index (χ1n) is 10.9. The number of aryl methyl sites for hydroxylation is 1. The molecule has 1 aromatic carbocycles. The molecule has 3 aromatic heterocycles. The van der Waals surface area contributed by atoms with Crippen molar-refractivity contribution in [2.45, 2.75) is 27.0 Å². The Balaban J connectivity index is 1.39. The van der Waals surface area contributed by atoms with Gasteiger partial charge in [0, 0.05) is 31.9 Å². The molecule has 0 radical (unpaired) electrons. The van der Waals surface area contributed by atoms with Gasteiger partial charge in [0.15, 0.2) is 11.5 Å². The largest absolute Gasteiger partial charge is 0.497 e. The molecule has 1 saturated heterocycles. The second kappa shape index (κ2) is 8.76. The lowest BCUT2D eigenvalue weighted by molar-refractivity contribution is 0.0364. The van der Waals surface area contributed by atoms with Gasteiger partial charge < -0.3 is 18.8 Å². The second-order valence-electron chi connectivity index (χ2n) is 8.02. The number of rotatable bonds is 7. The molecule has 0 unspecified atom stereocenters.